The third-order valence-corrected chi connectivity index (χ3v) is 9.41. The number of hydrogen-bond acceptors (Lipinski definition) is 10. The molecular formula is C34H50N8O5. The summed E-state index contributed by atoms with van der Waals surface area (Å²) in [6.07, 6.45) is 8.59. The van der Waals surface area contributed by atoms with E-state index in [2.05, 4.69) is 37.0 Å². The maximum atomic E-state index is 13.0. The predicted octanol–water partition coefficient (Wildman–Crippen LogP) is 2.87. The molecule has 2 aromatic heterocycles. The molecule has 0 spiro atoms. The van der Waals surface area contributed by atoms with Crippen molar-refractivity contribution in [2.24, 2.45) is 5.92 Å². The summed E-state index contributed by atoms with van der Waals surface area (Å²) < 4.78 is 12.1. The topological polar surface area (TPSA) is 161 Å². The molecule has 0 aliphatic carbocycles. The number of aryl methyl sites for hydroxylation is 1. The van der Waals surface area contributed by atoms with Crippen LogP contribution in [0.5, 0.6) is 6.01 Å². The standard InChI is InChI=1S/C34H50N8O5/c1-3-4-19-47-33-38-31(35)30-32(39-33)42(34(45)37-30)17-8-9-26-22-40(18-14-27(26)41-15-6-5-7-16-41)23-28(43)36-21-25-12-10-24(11-13-25)20-29(44)46-2/h10-13,26-27H,3-9,14-23H2,1-2H3,(H,36,43)(H,37,45)(H2,35,38,39). The molecule has 4 heterocycles. The van der Waals surface area contributed by atoms with E-state index >= 15 is 0 Å². The number of hydrogen-bond donors (Lipinski definition) is 3. The average Bonchev–Trinajstić information content (AvgIpc) is 3.40. The third-order valence-electron chi connectivity index (χ3n) is 9.41. The predicted molar refractivity (Wildman–Crippen MR) is 180 cm³/mol. The van der Waals surface area contributed by atoms with E-state index < -0.39 is 0 Å². The molecule has 2 aliphatic rings. The second kappa shape index (κ2) is 16.7. The molecule has 2 saturated heterocycles. The number of methoxy groups -OCH3 is 1. The number of nitrogens with one attached hydrogen (secondary N) is 2. The second-order valence-corrected chi connectivity index (χ2v) is 12.8. The number of unbranched alkanes of at least 4 members (excludes halogenated alkanes) is 1. The van der Waals surface area contributed by atoms with Gasteiger partial charge in [0.05, 0.1) is 26.7 Å². The van der Waals surface area contributed by atoms with Crippen molar-refractivity contribution in [1.29, 1.82) is 0 Å². The van der Waals surface area contributed by atoms with E-state index in [0.717, 1.165) is 69.4 Å². The van der Waals surface area contributed by atoms with Gasteiger partial charge in [-0.2, -0.15) is 9.97 Å². The summed E-state index contributed by atoms with van der Waals surface area (Å²) in [7, 11) is 1.38. The SMILES string of the molecule is CCCCOc1nc(N)c2[nH]c(=O)n(CCCC3CN(CC(=O)NCc4ccc(CC(=O)OC)cc4)CCC3N3CCCCC3)c2n1. The van der Waals surface area contributed by atoms with E-state index in [1.807, 2.05) is 24.3 Å². The minimum absolute atomic E-state index is 0.00149. The average molecular weight is 651 g/mol. The van der Waals surface area contributed by atoms with E-state index in [4.69, 9.17) is 15.2 Å². The van der Waals surface area contributed by atoms with Gasteiger partial charge in [0, 0.05) is 32.2 Å². The number of carbonyl (C=O) groups is 2. The zero-order chi connectivity index (χ0) is 33.2. The first kappa shape index (κ1) is 34.4. The molecule has 1 aromatic carbocycles. The van der Waals surface area contributed by atoms with Gasteiger partial charge in [0.15, 0.2) is 11.5 Å². The van der Waals surface area contributed by atoms with Crippen LogP contribution in [0.1, 0.15) is 69.4 Å². The Morgan fingerprint density at radius 3 is 2.57 bits per heavy atom. The number of ether oxygens (including phenoxy) is 2. The Labute approximate surface area is 276 Å². The number of aromatic amines is 1. The van der Waals surface area contributed by atoms with Crippen LogP contribution in [0.15, 0.2) is 29.1 Å². The first-order valence-corrected chi connectivity index (χ1v) is 17.1. The quantitative estimate of drug-likeness (QED) is 0.165. The Morgan fingerprint density at radius 2 is 1.83 bits per heavy atom. The Balaban J connectivity index is 1.18. The number of carbonyl (C=O) groups excluding carboxylic acids is 2. The molecule has 13 heteroatoms. The Kier molecular flexibility index (Phi) is 12.2. The number of imidazole rings is 1. The number of aromatic nitrogens is 4. The smallest absolute Gasteiger partial charge is 0.327 e. The fraction of sp³-hybridized carbons (Fsp3) is 0.618. The summed E-state index contributed by atoms with van der Waals surface area (Å²) in [5.74, 6) is 0.310. The number of H-pyrrole nitrogens is 1. The lowest BCUT2D eigenvalue weighted by Gasteiger charge is -2.45. The summed E-state index contributed by atoms with van der Waals surface area (Å²) in [5.41, 5.74) is 8.67. The van der Waals surface area contributed by atoms with Gasteiger partial charge in [0.1, 0.15) is 5.52 Å². The van der Waals surface area contributed by atoms with Gasteiger partial charge in [-0.15, -0.1) is 0 Å². The van der Waals surface area contributed by atoms with Crippen molar-refractivity contribution in [1.82, 2.24) is 34.6 Å². The number of anilines is 1. The lowest BCUT2D eigenvalue weighted by Crippen LogP contribution is -2.53. The van der Waals surface area contributed by atoms with Crippen LogP contribution in [-0.4, -0.2) is 93.7 Å². The van der Waals surface area contributed by atoms with Crippen LogP contribution < -0.4 is 21.5 Å². The van der Waals surface area contributed by atoms with Crippen molar-refractivity contribution in [2.75, 3.05) is 52.2 Å². The fourth-order valence-electron chi connectivity index (χ4n) is 6.85. The zero-order valence-corrected chi connectivity index (χ0v) is 27.8. The Bertz CT molecular complexity index is 1530. The van der Waals surface area contributed by atoms with Crippen molar-refractivity contribution < 1.29 is 19.1 Å². The second-order valence-electron chi connectivity index (χ2n) is 12.8. The summed E-state index contributed by atoms with van der Waals surface area (Å²) in [5, 5.41) is 3.06. The maximum absolute atomic E-state index is 13.0. The van der Waals surface area contributed by atoms with Crippen LogP contribution in [-0.2, 0) is 33.8 Å². The van der Waals surface area contributed by atoms with Crippen LogP contribution in [0.2, 0.25) is 0 Å². The summed E-state index contributed by atoms with van der Waals surface area (Å²) in [4.78, 5) is 53.9. The highest BCUT2D eigenvalue weighted by molar-refractivity contribution is 5.81. The number of nitrogen functional groups attached to an aromatic ring is 1. The highest BCUT2D eigenvalue weighted by Crippen LogP contribution is 2.29. The molecule has 0 bridgehead atoms. The lowest BCUT2D eigenvalue weighted by molar-refractivity contribution is -0.139. The van der Waals surface area contributed by atoms with Crippen molar-refractivity contribution in [3.63, 3.8) is 0 Å². The van der Waals surface area contributed by atoms with Gasteiger partial charge in [-0.3, -0.25) is 19.1 Å². The van der Waals surface area contributed by atoms with Gasteiger partial charge in [-0.05, 0) is 68.7 Å². The first-order valence-electron chi connectivity index (χ1n) is 17.1. The minimum Gasteiger partial charge on any atom is -0.469 e. The van der Waals surface area contributed by atoms with Crippen LogP contribution in [0.25, 0.3) is 11.2 Å². The largest absolute Gasteiger partial charge is 0.469 e. The molecule has 2 fully saturated rings. The Morgan fingerprint density at radius 1 is 1.06 bits per heavy atom. The van der Waals surface area contributed by atoms with Crippen molar-refractivity contribution in [3.8, 4) is 6.01 Å². The number of amides is 1. The normalized spacial score (nSPS) is 19.1. The number of likely N-dealkylation sites (tertiary alicyclic amines) is 2. The van der Waals surface area contributed by atoms with Crippen molar-refractivity contribution in [3.05, 3.63) is 45.9 Å². The molecule has 1 amide bonds. The molecular weight excluding hydrogens is 600 g/mol. The first-order chi connectivity index (χ1) is 22.8. The van der Waals surface area contributed by atoms with Gasteiger partial charge in [0.25, 0.3) is 0 Å². The number of nitrogens with two attached hydrogens (primary N) is 1. The van der Waals surface area contributed by atoms with E-state index in [9.17, 15) is 14.4 Å². The van der Waals surface area contributed by atoms with E-state index in [1.54, 1.807) is 4.57 Å². The summed E-state index contributed by atoms with van der Waals surface area (Å²) >= 11 is 0. The monoisotopic (exact) mass is 650 g/mol. The molecule has 2 aliphatic heterocycles. The molecule has 5 rings (SSSR count). The minimum atomic E-state index is -0.276. The Hall–Kier alpha value is -3.97. The molecule has 3 aromatic rings. The molecule has 4 N–H and O–H groups in total. The maximum Gasteiger partial charge on any atom is 0.327 e. The van der Waals surface area contributed by atoms with Gasteiger partial charge in [-0.1, -0.05) is 44.0 Å². The molecule has 2 unspecified atom stereocenters. The summed E-state index contributed by atoms with van der Waals surface area (Å²) in [6, 6.07) is 8.30. The number of nitrogens with zero attached hydrogens (tertiary/aromatic N) is 5. The lowest BCUT2D eigenvalue weighted by atomic mass is 9.86. The molecule has 0 radical (unpaired) electrons. The third kappa shape index (κ3) is 9.32. The molecule has 256 valence electrons. The van der Waals surface area contributed by atoms with Crippen LogP contribution >= 0.6 is 0 Å². The number of benzene rings is 1. The number of fused-ring (bicyclic) bond motifs is 1. The van der Waals surface area contributed by atoms with Crippen molar-refractivity contribution >= 4 is 28.9 Å². The molecule has 13 nitrogen and oxygen atoms in total. The van der Waals surface area contributed by atoms with E-state index in [-0.39, 0.29) is 35.8 Å². The number of rotatable bonds is 15. The fourth-order valence-corrected chi connectivity index (χ4v) is 6.85. The van der Waals surface area contributed by atoms with E-state index in [1.165, 1.54) is 26.4 Å². The van der Waals surface area contributed by atoms with Crippen molar-refractivity contribution in [2.45, 2.75) is 83.8 Å². The number of esters is 1. The number of piperidine rings is 2. The van der Waals surface area contributed by atoms with Gasteiger partial charge >= 0.3 is 17.7 Å². The van der Waals surface area contributed by atoms with E-state index in [0.29, 0.717) is 49.4 Å². The zero-order valence-electron chi connectivity index (χ0n) is 27.8. The molecule has 47 heavy (non-hydrogen) atoms. The molecule has 2 atom stereocenters. The van der Waals surface area contributed by atoms with Crippen LogP contribution in [0.4, 0.5) is 5.82 Å². The highest BCUT2D eigenvalue weighted by Gasteiger charge is 2.34. The highest BCUT2D eigenvalue weighted by atomic mass is 16.5. The van der Waals surface area contributed by atoms with Gasteiger partial charge in [-0.25, -0.2) is 4.79 Å². The van der Waals surface area contributed by atoms with Gasteiger partial charge in [0.2, 0.25) is 5.91 Å². The summed E-state index contributed by atoms with van der Waals surface area (Å²) in [6.45, 7) is 7.84. The van der Waals surface area contributed by atoms with Crippen LogP contribution in [0.3, 0.4) is 0 Å². The molecule has 0 saturated carbocycles. The van der Waals surface area contributed by atoms with Crippen LogP contribution in [0, 0.1) is 5.92 Å². The van der Waals surface area contributed by atoms with Gasteiger partial charge < -0.3 is 30.4 Å².